The van der Waals surface area contributed by atoms with Gasteiger partial charge >= 0.3 is 0 Å². The minimum atomic E-state index is 0.164. The fourth-order valence-corrected chi connectivity index (χ4v) is 2.89. The average molecular weight is 348 g/mol. The Labute approximate surface area is 151 Å². The molecule has 1 aromatic heterocycles. The molecule has 0 radical (unpaired) electrons. The molecule has 0 unspecified atom stereocenters. The first-order valence-corrected chi connectivity index (χ1v) is 9.45. The van der Waals surface area contributed by atoms with Crippen molar-refractivity contribution >= 4 is 11.9 Å². The molecule has 0 atom stereocenters. The second kappa shape index (κ2) is 10.7. The summed E-state index contributed by atoms with van der Waals surface area (Å²) in [7, 11) is 0. The van der Waals surface area contributed by atoms with Crippen LogP contribution in [0.5, 0.6) is 0 Å². The molecule has 1 aliphatic rings. The molecular formula is C18H32N6O. The van der Waals surface area contributed by atoms with Crippen molar-refractivity contribution in [2.24, 2.45) is 4.99 Å². The standard InChI is InChI=1S/C18H32N6O/c1-3-4-7-20-18(24-14-12-23(13-15-24)17(2)25)21-8-5-6-10-22-11-9-19-16-22/h9,11,16H,3-8,10,12-15H2,1-2H3,(H,20,21). The maximum atomic E-state index is 11.5. The molecule has 1 aromatic rings. The van der Waals surface area contributed by atoms with Gasteiger partial charge in [0.05, 0.1) is 6.33 Å². The van der Waals surface area contributed by atoms with E-state index in [0.717, 1.165) is 71.0 Å². The van der Waals surface area contributed by atoms with Crippen LogP contribution in [0.15, 0.2) is 23.7 Å². The smallest absolute Gasteiger partial charge is 0.219 e. The summed E-state index contributed by atoms with van der Waals surface area (Å²) in [6, 6.07) is 0. The first kappa shape index (κ1) is 19.3. The van der Waals surface area contributed by atoms with Gasteiger partial charge in [0.2, 0.25) is 5.91 Å². The van der Waals surface area contributed by atoms with Crippen molar-refractivity contribution in [2.45, 2.75) is 46.1 Å². The van der Waals surface area contributed by atoms with Gasteiger partial charge in [-0.05, 0) is 19.3 Å². The fourth-order valence-electron chi connectivity index (χ4n) is 2.89. The first-order chi connectivity index (χ1) is 12.2. The number of nitrogens with one attached hydrogen (secondary N) is 1. The minimum absolute atomic E-state index is 0.164. The number of guanidine groups is 1. The van der Waals surface area contributed by atoms with Crippen LogP contribution in [-0.4, -0.2) is 70.5 Å². The number of nitrogens with zero attached hydrogens (tertiary/aromatic N) is 5. The largest absolute Gasteiger partial charge is 0.356 e. The van der Waals surface area contributed by atoms with Crippen LogP contribution < -0.4 is 5.32 Å². The first-order valence-electron chi connectivity index (χ1n) is 9.45. The second-order valence-corrected chi connectivity index (χ2v) is 6.49. The molecular weight excluding hydrogens is 316 g/mol. The number of aliphatic imine (C=N–C) groups is 1. The average Bonchev–Trinajstić information content (AvgIpc) is 3.13. The number of aryl methyl sites for hydroxylation is 1. The van der Waals surface area contributed by atoms with E-state index in [1.165, 1.54) is 6.42 Å². The van der Waals surface area contributed by atoms with Crippen LogP contribution in [0.2, 0.25) is 0 Å². The van der Waals surface area contributed by atoms with E-state index >= 15 is 0 Å². The summed E-state index contributed by atoms with van der Waals surface area (Å²) in [4.78, 5) is 24.5. The van der Waals surface area contributed by atoms with E-state index in [4.69, 9.17) is 4.99 Å². The molecule has 140 valence electrons. The van der Waals surface area contributed by atoms with Gasteiger partial charge in [0.1, 0.15) is 0 Å². The molecule has 1 saturated heterocycles. The van der Waals surface area contributed by atoms with Crippen molar-refractivity contribution in [1.29, 1.82) is 0 Å². The third-order valence-corrected chi connectivity index (χ3v) is 4.48. The summed E-state index contributed by atoms with van der Waals surface area (Å²) in [5.74, 6) is 1.16. The second-order valence-electron chi connectivity index (χ2n) is 6.49. The van der Waals surface area contributed by atoms with Crippen LogP contribution in [0.3, 0.4) is 0 Å². The minimum Gasteiger partial charge on any atom is -0.356 e. The lowest BCUT2D eigenvalue weighted by molar-refractivity contribution is -0.130. The van der Waals surface area contributed by atoms with Gasteiger partial charge in [-0.1, -0.05) is 13.3 Å². The predicted octanol–water partition coefficient (Wildman–Crippen LogP) is 1.57. The molecule has 1 fully saturated rings. The normalized spacial score (nSPS) is 15.5. The highest BCUT2D eigenvalue weighted by Crippen LogP contribution is 2.04. The van der Waals surface area contributed by atoms with E-state index in [9.17, 15) is 4.79 Å². The monoisotopic (exact) mass is 348 g/mol. The highest BCUT2D eigenvalue weighted by atomic mass is 16.2. The van der Waals surface area contributed by atoms with Gasteiger partial charge in [-0.3, -0.25) is 9.79 Å². The van der Waals surface area contributed by atoms with Gasteiger partial charge in [-0.15, -0.1) is 0 Å². The molecule has 0 saturated carbocycles. The third kappa shape index (κ3) is 6.76. The SMILES string of the molecule is CCCCNC(=NCCCCn1ccnc1)N1CCN(C(C)=O)CC1. The molecule has 0 aromatic carbocycles. The molecule has 0 bridgehead atoms. The van der Waals surface area contributed by atoms with Crippen LogP contribution in [0, 0.1) is 0 Å². The van der Waals surface area contributed by atoms with Crippen LogP contribution in [0.25, 0.3) is 0 Å². The van der Waals surface area contributed by atoms with Crippen molar-refractivity contribution in [3.63, 3.8) is 0 Å². The lowest BCUT2D eigenvalue weighted by Crippen LogP contribution is -2.53. The molecule has 25 heavy (non-hydrogen) atoms. The zero-order chi connectivity index (χ0) is 17.9. The Bertz CT molecular complexity index is 520. The Morgan fingerprint density at radius 2 is 1.92 bits per heavy atom. The Balaban J connectivity index is 1.78. The lowest BCUT2D eigenvalue weighted by Gasteiger charge is -2.36. The topological polar surface area (TPSA) is 65.8 Å². The number of carbonyl (C=O) groups excluding carboxylic acids is 1. The number of hydrogen-bond acceptors (Lipinski definition) is 3. The summed E-state index contributed by atoms with van der Waals surface area (Å²) in [5.41, 5.74) is 0. The quantitative estimate of drug-likeness (QED) is 0.440. The molecule has 1 N–H and O–H groups in total. The molecule has 7 heteroatoms. The van der Waals surface area contributed by atoms with Gasteiger partial charge in [0.15, 0.2) is 5.96 Å². The summed E-state index contributed by atoms with van der Waals surface area (Å²) in [5, 5.41) is 3.50. The van der Waals surface area contributed by atoms with Crippen molar-refractivity contribution < 1.29 is 4.79 Å². The highest BCUT2D eigenvalue weighted by molar-refractivity contribution is 5.80. The van der Waals surface area contributed by atoms with Crippen molar-refractivity contribution in [3.8, 4) is 0 Å². The molecule has 1 amide bonds. The van der Waals surface area contributed by atoms with Crippen LogP contribution in [0.4, 0.5) is 0 Å². The highest BCUT2D eigenvalue weighted by Gasteiger charge is 2.20. The number of piperazine rings is 1. The fraction of sp³-hybridized carbons (Fsp3) is 0.722. The third-order valence-electron chi connectivity index (χ3n) is 4.48. The molecule has 0 aliphatic carbocycles. The number of amides is 1. The van der Waals surface area contributed by atoms with Crippen molar-refractivity contribution in [2.75, 3.05) is 39.3 Å². The van der Waals surface area contributed by atoms with Gasteiger partial charge in [-0.25, -0.2) is 4.98 Å². The summed E-state index contributed by atoms with van der Waals surface area (Å²) in [6.45, 7) is 9.89. The molecule has 2 heterocycles. The molecule has 1 aliphatic heterocycles. The van der Waals surface area contributed by atoms with Gasteiger partial charge < -0.3 is 19.7 Å². The van der Waals surface area contributed by atoms with Crippen LogP contribution in [0.1, 0.15) is 39.5 Å². The van der Waals surface area contributed by atoms with E-state index in [1.54, 1.807) is 6.92 Å². The van der Waals surface area contributed by atoms with Crippen molar-refractivity contribution in [1.82, 2.24) is 24.7 Å². The molecule has 0 spiro atoms. The number of carbonyl (C=O) groups is 1. The Morgan fingerprint density at radius 3 is 2.56 bits per heavy atom. The maximum absolute atomic E-state index is 11.5. The number of hydrogen-bond donors (Lipinski definition) is 1. The van der Waals surface area contributed by atoms with E-state index in [1.807, 2.05) is 23.6 Å². The van der Waals surface area contributed by atoms with Gasteiger partial charge in [-0.2, -0.15) is 0 Å². The van der Waals surface area contributed by atoms with E-state index in [-0.39, 0.29) is 5.91 Å². The summed E-state index contributed by atoms with van der Waals surface area (Å²) < 4.78 is 2.10. The van der Waals surface area contributed by atoms with Gasteiger partial charge in [0, 0.05) is 65.1 Å². The van der Waals surface area contributed by atoms with E-state index in [0.29, 0.717) is 0 Å². The lowest BCUT2D eigenvalue weighted by atomic mass is 10.3. The van der Waals surface area contributed by atoms with E-state index < -0.39 is 0 Å². The number of rotatable bonds is 8. The zero-order valence-corrected chi connectivity index (χ0v) is 15.7. The Kier molecular flexibility index (Phi) is 8.28. The zero-order valence-electron chi connectivity index (χ0n) is 15.7. The number of aromatic nitrogens is 2. The number of imidazole rings is 1. The Morgan fingerprint density at radius 1 is 1.16 bits per heavy atom. The Hall–Kier alpha value is -2.05. The van der Waals surface area contributed by atoms with Crippen molar-refractivity contribution in [3.05, 3.63) is 18.7 Å². The maximum Gasteiger partial charge on any atom is 0.219 e. The molecule has 7 nitrogen and oxygen atoms in total. The molecule has 2 rings (SSSR count). The number of unbranched alkanes of at least 4 members (excludes halogenated alkanes) is 2. The predicted molar refractivity (Wildman–Crippen MR) is 101 cm³/mol. The summed E-state index contributed by atoms with van der Waals surface area (Å²) >= 11 is 0. The summed E-state index contributed by atoms with van der Waals surface area (Å²) in [6.07, 6.45) is 10.1. The van der Waals surface area contributed by atoms with E-state index in [2.05, 4.69) is 26.7 Å². The van der Waals surface area contributed by atoms with Crippen LogP contribution in [-0.2, 0) is 11.3 Å². The van der Waals surface area contributed by atoms with Gasteiger partial charge in [0.25, 0.3) is 0 Å². The van der Waals surface area contributed by atoms with Crippen LogP contribution >= 0.6 is 0 Å².